The van der Waals surface area contributed by atoms with Crippen molar-refractivity contribution in [3.8, 4) is 0 Å². The molecule has 1 aliphatic rings. The van der Waals surface area contributed by atoms with Crippen molar-refractivity contribution in [3.05, 3.63) is 27.7 Å². The van der Waals surface area contributed by atoms with Crippen molar-refractivity contribution in [1.29, 1.82) is 0 Å². The number of nitrogens with zero attached hydrogens (tertiary/aromatic N) is 1. The molecule has 0 radical (unpaired) electrons. The van der Waals surface area contributed by atoms with Crippen LogP contribution in [-0.2, 0) is 4.74 Å². The first-order valence-corrected chi connectivity index (χ1v) is 8.73. The summed E-state index contributed by atoms with van der Waals surface area (Å²) in [6.07, 6.45) is 0. The maximum absolute atomic E-state index is 12.3. The first-order chi connectivity index (χ1) is 10.8. The predicted octanol–water partition coefficient (Wildman–Crippen LogP) is 3.30. The lowest BCUT2D eigenvalue weighted by molar-refractivity contribution is -0.00863. The fourth-order valence-electron chi connectivity index (χ4n) is 2.84. The third-order valence-electron chi connectivity index (χ3n) is 4.28. The van der Waals surface area contributed by atoms with E-state index in [-0.39, 0.29) is 11.6 Å². The Morgan fingerprint density at radius 3 is 2.39 bits per heavy atom. The van der Waals surface area contributed by atoms with Crippen LogP contribution in [0.1, 0.15) is 25.0 Å². The molecule has 128 valence electrons. The molecule has 6 heteroatoms. The number of halogens is 1. The number of anilines is 1. The van der Waals surface area contributed by atoms with Gasteiger partial charge in [0, 0.05) is 35.3 Å². The van der Waals surface area contributed by atoms with Crippen molar-refractivity contribution in [3.63, 3.8) is 0 Å². The van der Waals surface area contributed by atoms with Crippen LogP contribution in [0.5, 0.6) is 0 Å². The molecule has 2 amide bonds. The zero-order chi connectivity index (χ0) is 17.0. The molecule has 5 nitrogen and oxygen atoms in total. The van der Waals surface area contributed by atoms with Crippen LogP contribution in [-0.4, -0.2) is 49.3 Å². The van der Waals surface area contributed by atoms with Gasteiger partial charge in [0.2, 0.25) is 0 Å². The Morgan fingerprint density at radius 1 is 1.26 bits per heavy atom. The van der Waals surface area contributed by atoms with Crippen molar-refractivity contribution in [2.24, 2.45) is 0 Å². The Morgan fingerprint density at radius 2 is 1.83 bits per heavy atom. The molecule has 1 aliphatic heterocycles. The van der Waals surface area contributed by atoms with Crippen LogP contribution in [0.4, 0.5) is 10.5 Å². The minimum atomic E-state index is -0.167. The summed E-state index contributed by atoms with van der Waals surface area (Å²) in [7, 11) is 0. The normalized spacial score (nSPS) is 16.2. The average Bonchev–Trinajstić information content (AvgIpc) is 2.50. The van der Waals surface area contributed by atoms with Gasteiger partial charge in [-0.25, -0.2) is 4.79 Å². The Hall–Kier alpha value is -1.11. The first kappa shape index (κ1) is 18.2. The highest BCUT2D eigenvalue weighted by atomic mass is 79.9. The summed E-state index contributed by atoms with van der Waals surface area (Å²) in [5.74, 6) is 0. The van der Waals surface area contributed by atoms with Crippen LogP contribution in [0, 0.1) is 13.8 Å². The SMILES string of the molecule is Cc1cc(Br)cc(C)c1NC(=O)NCC(C)(C)N1CCOCC1. The van der Waals surface area contributed by atoms with E-state index in [2.05, 4.69) is 45.3 Å². The van der Waals surface area contributed by atoms with Gasteiger partial charge in [-0.1, -0.05) is 15.9 Å². The van der Waals surface area contributed by atoms with Crippen LogP contribution in [0.3, 0.4) is 0 Å². The van der Waals surface area contributed by atoms with Crippen molar-refractivity contribution < 1.29 is 9.53 Å². The summed E-state index contributed by atoms with van der Waals surface area (Å²) < 4.78 is 6.41. The van der Waals surface area contributed by atoms with Gasteiger partial charge in [0.15, 0.2) is 0 Å². The third-order valence-corrected chi connectivity index (χ3v) is 4.74. The molecule has 2 rings (SSSR count). The topological polar surface area (TPSA) is 53.6 Å². The van der Waals surface area contributed by atoms with E-state index in [0.717, 1.165) is 47.6 Å². The van der Waals surface area contributed by atoms with Gasteiger partial charge in [0.05, 0.1) is 13.2 Å². The van der Waals surface area contributed by atoms with Gasteiger partial charge in [-0.2, -0.15) is 0 Å². The quantitative estimate of drug-likeness (QED) is 0.838. The number of ether oxygens (including phenoxy) is 1. The second-order valence-corrected chi connectivity index (χ2v) is 7.55. The summed E-state index contributed by atoms with van der Waals surface area (Å²) in [5, 5.41) is 5.96. The van der Waals surface area contributed by atoms with Crippen LogP contribution < -0.4 is 10.6 Å². The fraction of sp³-hybridized carbons (Fsp3) is 0.588. The lowest BCUT2D eigenvalue weighted by atomic mass is 10.0. The van der Waals surface area contributed by atoms with Crippen LogP contribution in [0.15, 0.2) is 16.6 Å². The monoisotopic (exact) mass is 383 g/mol. The van der Waals surface area contributed by atoms with Crippen LogP contribution in [0.2, 0.25) is 0 Å². The van der Waals surface area contributed by atoms with Gasteiger partial charge in [-0.05, 0) is 51.0 Å². The fourth-order valence-corrected chi connectivity index (χ4v) is 3.53. The molecule has 1 aromatic carbocycles. The molecule has 1 heterocycles. The maximum Gasteiger partial charge on any atom is 0.319 e. The predicted molar refractivity (Wildman–Crippen MR) is 97.1 cm³/mol. The lowest BCUT2D eigenvalue weighted by Gasteiger charge is -2.40. The maximum atomic E-state index is 12.3. The van der Waals surface area contributed by atoms with Crippen molar-refractivity contribution in [2.45, 2.75) is 33.2 Å². The molecule has 2 N–H and O–H groups in total. The standard InChI is InChI=1S/C17H26BrN3O2/c1-12-9-14(18)10-13(2)15(12)20-16(22)19-11-17(3,4)21-5-7-23-8-6-21/h9-10H,5-8,11H2,1-4H3,(H2,19,20,22). The summed E-state index contributed by atoms with van der Waals surface area (Å²) >= 11 is 3.47. The summed E-state index contributed by atoms with van der Waals surface area (Å²) in [5.41, 5.74) is 2.86. The van der Waals surface area contributed by atoms with Gasteiger partial charge in [0.1, 0.15) is 0 Å². The van der Waals surface area contributed by atoms with E-state index in [1.54, 1.807) is 0 Å². The van der Waals surface area contributed by atoms with Gasteiger partial charge >= 0.3 is 6.03 Å². The van der Waals surface area contributed by atoms with Crippen molar-refractivity contribution >= 4 is 27.6 Å². The number of carbonyl (C=O) groups excluding carboxylic acids is 1. The largest absolute Gasteiger partial charge is 0.379 e. The number of amides is 2. The van der Waals surface area contributed by atoms with Gasteiger partial charge in [-0.15, -0.1) is 0 Å². The van der Waals surface area contributed by atoms with Gasteiger partial charge < -0.3 is 15.4 Å². The Bertz CT molecular complexity index is 546. The van der Waals surface area contributed by atoms with E-state index in [1.165, 1.54) is 0 Å². The number of aryl methyl sites for hydroxylation is 2. The number of nitrogens with one attached hydrogen (secondary N) is 2. The highest BCUT2D eigenvalue weighted by Gasteiger charge is 2.28. The number of morpholine rings is 1. The zero-order valence-electron chi connectivity index (χ0n) is 14.3. The molecular formula is C17H26BrN3O2. The van der Waals surface area contributed by atoms with E-state index in [9.17, 15) is 4.79 Å². The number of hydrogen-bond acceptors (Lipinski definition) is 3. The van der Waals surface area contributed by atoms with Crippen LogP contribution in [0.25, 0.3) is 0 Å². The van der Waals surface area contributed by atoms with E-state index in [4.69, 9.17) is 4.74 Å². The van der Waals surface area contributed by atoms with Crippen molar-refractivity contribution in [2.75, 3.05) is 38.2 Å². The number of hydrogen-bond donors (Lipinski definition) is 2. The second-order valence-electron chi connectivity index (χ2n) is 6.63. The number of urea groups is 1. The lowest BCUT2D eigenvalue weighted by Crippen LogP contribution is -2.55. The highest BCUT2D eigenvalue weighted by molar-refractivity contribution is 9.10. The molecule has 1 fully saturated rings. The first-order valence-electron chi connectivity index (χ1n) is 7.94. The smallest absolute Gasteiger partial charge is 0.319 e. The Kier molecular flexibility index (Phi) is 6.06. The minimum absolute atomic E-state index is 0.0923. The van der Waals surface area contributed by atoms with E-state index in [0.29, 0.717) is 6.54 Å². The Labute approximate surface area is 146 Å². The highest BCUT2D eigenvalue weighted by Crippen LogP contribution is 2.25. The molecule has 0 saturated carbocycles. The molecule has 0 unspecified atom stereocenters. The Balaban J connectivity index is 1.92. The molecule has 0 atom stereocenters. The number of rotatable bonds is 4. The van der Waals surface area contributed by atoms with E-state index >= 15 is 0 Å². The molecule has 0 aliphatic carbocycles. The van der Waals surface area contributed by atoms with E-state index in [1.807, 2.05) is 26.0 Å². The molecule has 23 heavy (non-hydrogen) atoms. The van der Waals surface area contributed by atoms with E-state index < -0.39 is 0 Å². The molecule has 0 bridgehead atoms. The van der Waals surface area contributed by atoms with Gasteiger partial charge in [0.25, 0.3) is 0 Å². The van der Waals surface area contributed by atoms with Crippen molar-refractivity contribution in [1.82, 2.24) is 10.2 Å². The summed E-state index contributed by atoms with van der Waals surface area (Å²) in [4.78, 5) is 14.6. The summed E-state index contributed by atoms with van der Waals surface area (Å²) in [6, 6.07) is 3.83. The third kappa shape index (κ3) is 4.93. The minimum Gasteiger partial charge on any atom is -0.379 e. The summed E-state index contributed by atoms with van der Waals surface area (Å²) in [6.45, 7) is 12.2. The van der Waals surface area contributed by atoms with Crippen LogP contribution >= 0.6 is 15.9 Å². The molecule has 1 aromatic rings. The molecule has 1 saturated heterocycles. The zero-order valence-corrected chi connectivity index (χ0v) is 15.9. The van der Waals surface area contributed by atoms with Gasteiger partial charge in [-0.3, -0.25) is 4.90 Å². The molecular weight excluding hydrogens is 358 g/mol. The average molecular weight is 384 g/mol. The number of carbonyl (C=O) groups is 1. The molecule has 0 aromatic heterocycles. The number of benzene rings is 1. The molecule has 0 spiro atoms. The second kappa shape index (κ2) is 7.64.